The minimum Gasteiger partial charge on any atom is -0.450 e. The van der Waals surface area contributed by atoms with Crippen LogP contribution in [0.2, 0.25) is 0 Å². The molecule has 7 heteroatoms. The SMILES string of the molecule is CC.CCOC(=O)N1C2CCC1CC(N1CCCC3(CC1)CNC(=O)O3)C2.[HH]. The van der Waals surface area contributed by atoms with Crippen LogP contribution in [0.25, 0.3) is 0 Å². The predicted octanol–water partition coefficient (Wildman–Crippen LogP) is 3.38. The van der Waals surface area contributed by atoms with E-state index in [0.717, 1.165) is 58.0 Å². The lowest BCUT2D eigenvalue weighted by Crippen LogP contribution is -2.53. The minimum absolute atomic E-state index is 0. The minimum atomic E-state index is -0.295. The molecule has 2 amide bonds. The Bertz CT molecular complexity index is 536. The van der Waals surface area contributed by atoms with E-state index in [4.69, 9.17) is 9.47 Å². The number of hydrogen-bond donors (Lipinski definition) is 1. The van der Waals surface area contributed by atoms with Gasteiger partial charge >= 0.3 is 12.2 Å². The maximum Gasteiger partial charge on any atom is 0.410 e. The molecule has 0 aromatic rings. The second-order valence-corrected chi connectivity index (χ2v) is 7.93. The van der Waals surface area contributed by atoms with Gasteiger partial charge < -0.3 is 24.6 Å². The van der Waals surface area contributed by atoms with E-state index in [1.807, 2.05) is 25.7 Å². The monoisotopic (exact) mass is 383 g/mol. The van der Waals surface area contributed by atoms with Crippen LogP contribution < -0.4 is 5.32 Å². The highest BCUT2D eigenvalue weighted by atomic mass is 16.6. The molecule has 4 aliphatic heterocycles. The van der Waals surface area contributed by atoms with E-state index in [0.29, 0.717) is 31.3 Å². The van der Waals surface area contributed by atoms with Crippen LogP contribution in [0.3, 0.4) is 0 Å². The second-order valence-electron chi connectivity index (χ2n) is 7.93. The molecule has 27 heavy (non-hydrogen) atoms. The van der Waals surface area contributed by atoms with E-state index in [1.165, 1.54) is 0 Å². The van der Waals surface area contributed by atoms with Crippen LogP contribution in [0.5, 0.6) is 0 Å². The number of fused-ring (bicyclic) bond motifs is 2. The van der Waals surface area contributed by atoms with Crippen molar-refractivity contribution < 1.29 is 20.5 Å². The molecule has 0 aromatic heterocycles. The lowest BCUT2D eigenvalue weighted by atomic mass is 9.94. The number of alkyl carbamates (subject to hydrolysis) is 1. The molecule has 0 aliphatic carbocycles. The molecule has 4 fully saturated rings. The van der Waals surface area contributed by atoms with Gasteiger partial charge in [-0.3, -0.25) is 0 Å². The van der Waals surface area contributed by atoms with Gasteiger partial charge in [-0.2, -0.15) is 0 Å². The van der Waals surface area contributed by atoms with Crippen LogP contribution in [0.15, 0.2) is 0 Å². The topological polar surface area (TPSA) is 71.1 Å². The van der Waals surface area contributed by atoms with Crippen molar-refractivity contribution in [3.63, 3.8) is 0 Å². The first-order chi connectivity index (χ1) is 13.1. The van der Waals surface area contributed by atoms with Gasteiger partial charge in [-0.1, -0.05) is 13.8 Å². The van der Waals surface area contributed by atoms with Crippen LogP contribution in [0.4, 0.5) is 9.59 Å². The summed E-state index contributed by atoms with van der Waals surface area (Å²) in [4.78, 5) is 28.3. The smallest absolute Gasteiger partial charge is 0.410 e. The number of nitrogens with one attached hydrogen (secondary N) is 1. The zero-order chi connectivity index (χ0) is 19.4. The fourth-order valence-electron chi connectivity index (χ4n) is 5.28. The van der Waals surface area contributed by atoms with Crippen molar-refractivity contribution in [2.45, 2.75) is 89.4 Å². The number of carbonyl (C=O) groups excluding carboxylic acids is 2. The molecule has 3 atom stereocenters. The molecule has 0 saturated carbocycles. The third kappa shape index (κ3) is 4.18. The largest absolute Gasteiger partial charge is 0.450 e. The molecule has 3 unspecified atom stereocenters. The van der Waals surface area contributed by atoms with Gasteiger partial charge in [0.2, 0.25) is 0 Å². The van der Waals surface area contributed by atoms with Crippen LogP contribution in [0.1, 0.15) is 67.1 Å². The van der Waals surface area contributed by atoms with Gasteiger partial charge in [0, 0.05) is 32.5 Å². The van der Waals surface area contributed by atoms with E-state index in [9.17, 15) is 9.59 Å². The maximum atomic E-state index is 12.2. The zero-order valence-electron chi connectivity index (χ0n) is 17.0. The number of amides is 2. The Morgan fingerprint density at radius 2 is 1.93 bits per heavy atom. The van der Waals surface area contributed by atoms with E-state index >= 15 is 0 Å². The summed E-state index contributed by atoms with van der Waals surface area (Å²) < 4.78 is 10.8. The van der Waals surface area contributed by atoms with Crippen LogP contribution in [0, 0.1) is 0 Å². The van der Waals surface area contributed by atoms with Gasteiger partial charge in [-0.25, -0.2) is 9.59 Å². The maximum absolute atomic E-state index is 12.2. The molecule has 4 aliphatic rings. The lowest BCUT2D eigenvalue weighted by Gasteiger charge is -2.42. The molecule has 7 nitrogen and oxygen atoms in total. The first kappa shape index (κ1) is 20.2. The van der Waals surface area contributed by atoms with Gasteiger partial charge in [-0.05, 0) is 52.0 Å². The highest BCUT2D eigenvalue weighted by molar-refractivity contribution is 5.70. The van der Waals surface area contributed by atoms with Crippen molar-refractivity contribution in [1.29, 1.82) is 0 Å². The Kier molecular flexibility index (Phi) is 6.50. The highest BCUT2D eigenvalue weighted by Crippen LogP contribution is 2.39. The van der Waals surface area contributed by atoms with E-state index in [2.05, 4.69) is 10.2 Å². The third-order valence-corrected chi connectivity index (χ3v) is 6.50. The number of likely N-dealkylation sites (tertiary alicyclic amines) is 1. The van der Waals surface area contributed by atoms with E-state index in [1.54, 1.807) is 0 Å². The van der Waals surface area contributed by atoms with Gasteiger partial charge in [0.1, 0.15) is 5.60 Å². The normalized spacial score (nSPS) is 35.7. The van der Waals surface area contributed by atoms with Crippen molar-refractivity contribution in [2.75, 3.05) is 26.2 Å². The average Bonchev–Trinajstić information content (AvgIpc) is 3.07. The van der Waals surface area contributed by atoms with Gasteiger partial charge in [-0.15, -0.1) is 0 Å². The number of hydrogen-bond acceptors (Lipinski definition) is 5. The Labute approximate surface area is 164 Å². The van der Waals surface area contributed by atoms with Gasteiger partial charge in [0.15, 0.2) is 0 Å². The zero-order valence-corrected chi connectivity index (χ0v) is 17.0. The number of carbonyl (C=O) groups is 2. The van der Waals surface area contributed by atoms with E-state index in [-0.39, 0.29) is 19.2 Å². The van der Waals surface area contributed by atoms with Crippen LogP contribution >= 0.6 is 0 Å². The molecule has 4 saturated heterocycles. The molecule has 0 aromatic carbocycles. The molecule has 1 spiro atoms. The molecule has 0 radical (unpaired) electrons. The predicted molar refractivity (Wildman–Crippen MR) is 105 cm³/mol. The average molecular weight is 384 g/mol. The fraction of sp³-hybridized carbons (Fsp3) is 0.900. The standard InChI is InChI=1S/C18H29N3O4.C2H6.H2/c1-2-24-17(23)21-13-4-5-14(21)11-15(10-13)20-8-3-6-18(7-9-20)12-19-16(22)25-18;1-2;/h13-15H,2-12H2,1H3,(H,19,22);1-2H3;1H. The number of piperidine rings is 1. The Hall–Kier alpha value is -1.50. The molecular formula is C20H37N3O4. The number of ether oxygens (including phenoxy) is 2. The first-order valence-electron chi connectivity index (χ1n) is 10.8. The lowest BCUT2D eigenvalue weighted by molar-refractivity contribution is 0.0316. The summed E-state index contributed by atoms with van der Waals surface area (Å²) in [6, 6.07) is 1.18. The number of rotatable bonds is 2. The molecule has 1 N–H and O–H groups in total. The molecule has 2 bridgehead atoms. The summed E-state index contributed by atoms with van der Waals surface area (Å²) in [6.07, 6.45) is 6.78. The Morgan fingerprint density at radius 1 is 1.22 bits per heavy atom. The van der Waals surface area contributed by atoms with Crippen LogP contribution in [-0.4, -0.2) is 72.0 Å². The summed E-state index contributed by atoms with van der Waals surface area (Å²) >= 11 is 0. The van der Waals surface area contributed by atoms with Gasteiger partial charge in [0.25, 0.3) is 0 Å². The van der Waals surface area contributed by atoms with Gasteiger partial charge in [0.05, 0.1) is 13.2 Å². The number of nitrogens with zero attached hydrogens (tertiary/aromatic N) is 2. The fourth-order valence-corrected chi connectivity index (χ4v) is 5.28. The molecule has 4 rings (SSSR count). The molecule has 4 heterocycles. The Balaban J connectivity index is 0.000000906. The van der Waals surface area contributed by atoms with Crippen molar-refractivity contribution in [1.82, 2.24) is 15.1 Å². The third-order valence-electron chi connectivity index (χ3n) is 6.50. The summed E-state index contributed by atoms with van der Waals surface area (Å²) in [6.45, 7) is 8.98. The molecule has 156 valence electrons. The van der Waals surface area contributed by atoms with Crippen molar-refractivity contribution >= 4 is 12.2 Å². The summed E-state index contributed by atoms with van der Waals surface area (Å²) in [5.74, 6) is 0. The van der Waals surface area contributed by atoms with E-state index < -0.39 is 0 Å². The van der Waals surface area contributed by atoms with Crippen LogP contribution in [-0.2, 0) is 9.47 Å². The summed E-state index contributed by atoms with van der Waals surface area (Å²) in [7, 11) is 0. The first-order valence-corrected chi connectivity index (χ1v) is 10.8. The van der Waals surface area contributed by atoms with Crippen molar-refractivity contribution in [2.24, 2.45) is 0 Å². The summed E-state index contributed by atoms with van der Waals surface area (Å²) in [5, 5.41) is 2.82. The quantitative estimate of drug-likeness (QED) is 0.791. The summed E-state index contributed by atoms with van der Waals surface area (Å²) in [5.41, 5.74) is -0.295. The highest BCUT2D eigenvalue weighted by Gasteiger charge is 2.47. The Morgan fingerprint density at radius 3 is 2.52 bits per heavy atom. The van der Waals surface area contributed by atoms with Crippen molar-refractivity contribution in [3.8, 4) is 0 Å². The molecular weight excluding hydrogens is 346 g/mol. The second kappa shape index (κ2) is 8.67. The van der Waals surface area contributed by atoms with Crippen molar-refractivity contribution in [3.05, 3.63) is 0 Å².